The van der Waals surface area contributed by atoms with Crippen molar-refractivity contribution in [2.45, 2.75) is 13.8 Å². The molecule has 0 unspecified atom stereocenters. The van der Waals surface area contributed by atoms with Crippen LogP contribution in [0.25, 0.3) is 0 Å². The van der Waals surface area contributed by atoms with Gasteiger partial charge in [-0.25, -0.2) is 4.98 Å². The number of nitrogens with one attached hydrogen (secondary N) is 2. The normalized spacial score (nSPS) is 10.2. The van der Waals surface area contributed by atoms with Crippen LogP contribution in [0.5, 0.6) is 0 Å². The minimum atomic E-state index is -0.226. The second-order valence-corrected chi connectivity index (χ2v) is 4.98. The quantitative estimate of drug-likeness (QED) is 0.907. The van der Waals surface area contributed by atoms with Crippen molar-refractivity contribution in [3.05, 3.63) is 52.2 Å². The fourth-order valence-electron chi connectivity index (χ4n) is 1.81. The minimum Gasteiger partial charge on any atom is -0.372 e. The first-order chi connectivity index (χ1) is 9.51. The summed E-state index contributed by atoms with van der Waals surface area (Å²) in [6.45, 7) is 3.93. The molecule has 0 fully saturated rings. The van der Waals surface area contributed by atoms with Gasteiger partial charge in [0.1, 0.15) is 5.82 Å². The zero-order valence-electron chi connectivity index (χ0n) is 11.6. The molecule has 5 heteroatoms. The molecule has 2 N–H and O–H groups in total. The summed E-state index contributed by atoms with van der Waals surface area (Å²) < 4.78 is 0. The van der Waals surface area contributed by atoms with Gasteiger partial charge in [-0.1, -0.05) is 23.7 Å². The Bertz CT molecular complexity index is 656. The predicted octanol–water partition coefficient (Wildman–Crippen LogP) is 3.65. The van der Waals surface area contributed by atoms with Gasteiger partial charge in [-0.3, -0.25) is 4.79 Å². The van der Waals surface area contributed by atoms with Crippen LogP contribution in [-0.2, 0) is 0 Å². The van der Waals surface area contributed by atoms with E-state index in [4.69, 9.17) is 11.6 Å². The average molecular weight is 290 g/mol. The third-order valence-corrected chi connectivity index (χ3v) is 3.27. The molecule has 1 amide bonds. The van der Waals surface area contributed by atoms with Crippen molar-refractivity contribution in [1.82, 2.24) is 4.98 Å². The molecule has 2 rings (SSSR count). The fourth-order valence-corrected chi connectivity index (χ4v) is 2.07. The molecular weight excluding hydrogens is 274 g/mol. The number of amides is 1. The van der Waals surface area contributed by atoms with E-state index in [1.165, 1.54) is 6.20 Å². The summed E-state index contributed by atoms with van der Waals surface area (Å²) in [6.07, 6.45) is 1.50. The van der Waals surface area contributed by atoms with Crippen LogP contribution in [-0.4, -0.2) is 17.9 Å². The van der Waals surface area contributed by atoms with Gasteiger partial charge in [-0.2, -0.15) is 0 Å². The third kappa shape index (κ3) is 3.08. The Labute approximate surface area is 123 Å². The van der Waals surface area contributed by atoms with E-state index in [-0.39, 0.29) is 5.91 Å². The molecule has 0 aliphatic carbocycles. The van der Waals surface area contributed by atoms with E-state index in [0.717, 1.165) is 16.8 Å². The fraction of sp³-hybridized carbons (Fsp3) is 0.200. The molecule has 1 aromatic carbocycles. The number of hydrogen-bond acceptors (Lipinski definition) is 3. The van der Waals surface area contributed by atoms with Crippen molar-refractivity contribution >= 4 is 29.0 Å². The molecule has 104 valence electrons. The van der Waals surface area contributed by atoms with Crippen LogP contribution in [0.15, 0.2) is 30.5 Å². The molecule has 20 heavy (non-hydrogen) atoms. The number of aryl methyl sites for hydroxylation is 2. The minimum absolute atomic E-state index is 0.226. The molecule has 0 bridgehead atoms. The van der Waals surface area contributed by atoms with Crippen molar-refractivity contribution in [1.29, 1.82) is 0 Å². The smallest absolute Gasteiger partial charge is 0.257 e. The number of carbonyl (C=O) groups is 1. The molecule has 0 spiro atoms. The average Bonchev–Trinajstić information content (AvgIpc) is 2.42. The van der Waals surface area contributed by atoms with Crippen molar-refractivity contribution < 1.29 is 4.79 Å². The summed E-state index contributed by atoms with van der Waals surface area (Å²) in [5.41, 5.74) is 3.32. The van der Waals surface area contributed by atoms with Crippen LogP contribution >= 0.6 is 11.6 Å². The van der Waals surface area contributed by atoms with Crippen molar-refractivity contribution in [3.63, 3.8) is 0 Å². The van der Waals surface area contributed by atoms with Gasteiger partial charge < -0.3 is 10.6 Å². The zero-order chi connectivity index (χ0) is 14.7. The number of nitrogens with zero attached hydrogens (tertiary/aromatic N) is 1. The van der Waals surface area contributed by atoms with E-state index in [2.05, 4.69) is 15.6 Å². The molecule has 0 radical (unpaired) electrons. The second kappa shape index (κ2) is 5.92. The molecule has 4 nitrogen and oxygen atoms in total. The maximum absolute atomic E-state index is 12.2. The zero-order valence-corrected chi connectivity index (χ0v) is 12.4. The Morgan fingerprint density at radius 1 is 1.25 bits per heavy atom. The summed E-state index contributed by atoms with van der Waals surface area (Å²) in [5, 5.41) is 6.14. The standard InChI is InChI=1S/C15H16ClN3O/c1-9-4-5-10(2)13(6-9)19-15(20)11-7-12(16)14(17-3)18-8-11/h4-8H,1-3H3,(H,17,18)(H,19,20). The highest BCUT2D eigenvalue weighted by Gasteiger charge is 2.11. The molecule has 0 saturated heterocycles. The lowest BCUT2D eigenvalue weighted by molar-refractivity contribution is 0.102. The molecule has 2 aromatic rings. The van der Waals surface area contributed by atoms with Gasteiger partial charge in [-0.05, 0) is 37.1 Å². The highest BCUT2D eigenvalue weighted by Crippen LogP contribution is 2.21. The molecular formula is C15H16ClN3O. The van der Waals surface area contributed by atoms with Gasteiger partial charge in [0.2, 0.25) is 0 Å². The maximum Gasteiger partial charge on any atom is 0.257 e. The Hall–Kier alpha value is -2.07. The Morgan fingerprint density at radius 3 is 2.65 bits per heavy atom. The number of anilines is 2. The number of pyridine rings is 1. The van der Waals surface area contributed by atoms with Crippen LogP contribution in [0.2, 0.25) is 5.02 Å². The van der Waals surface area contributed by atoms with Gasteiger partial charge in [0, 0.05) is 18.9 Å². The number of rotatable bonds is 3. The van der Waals surface area contributed by atoms with Gasteiger partial charge in [0.15, 0.2) is 0 Å². The summed E-state index contributed by atoms with van der Waals surface area (Å²) in [7, 11) is 1.73. The first kappa shape index (κ1) is 14.3. The number of halogens is 1. The number of hydrogen-bond donors (Lipinski definition) is 2. The van der Waals surface area contributed by atoms with Gasteiger partial charge in [0.25, 0.3) is 5.91 Å². The molecule has 1 heterocycles. The third-order valence-electron chi connectivity index (χ3n) is 2.98. The molecule has 0 saturated carbocycles. The van der Waals surface area contributed by atoms with E-state index in [1.807, 2.05) is 32.0 Å². The maximum atomic E-state index is 12.2. The molecule has 0 aliphatic rings. The van der Waals surface area contributed by atoms with Crippen LogP contribution < -0.4 is 10.6 Å². The van der Waals surface area contributed by atoms with E-state index >= 15 is 0 Å². The Morgan fingerprint density at radius 2 is 2.00 bits per heavy atom. The monoisotopic (exact) mass is 289 g/mol. The van der Waals surface area contributed by atoms with Gasteiger partial charge >= 0.3 is 0 Å². The molecule has 1 aromatic heterocycles. The first-order valence-corrected chi connectivity index (χ1v) is 6.61. The SMILES string of the molecule is CNc1ncc(C(=O)Nc2cc(C)ccc2C)cc1Cl. The lowest BCUT2D eigenvalue weighted by atomic mass is 10.1. The summed E-state index contributed by atoms with van der Waals surface area (Å²) in [4.78, 5) is 16.3. The van der Waals surface area contributed by atoms with Crippen LogP contribution in [0, 0.1) is 13.8 Å². The Balaban J connectivity index is 2.24. The lowest BCUT2D eigenvalue weighted by Gasteiger charge is -2.10. The topological polar surface area (TPSA) is 54.0 Å². The van der Waals surface area contributed by atoms with E-state index < -0.39 is 0 Å². The van der Waals surface area contributed by atoms with E-state index in [1.54, 1.807) is 13.1 Å². The summed E-state index contributed by atoms with van der Waals surface area (Å²) >= 11 is 6.03. The summed E-state index contributed by atoms with van der Waals surface area (Å²) in [5.74, 6) is 0.325. The molecule has 0 aliphatic heterocycles. The number of carbonyl (C=O) groups excluding carboxylic acids is 1. The largest absolute Gasteiger partial charge is 0.372 e. The highest BCUT2D eigenvalue weighted by molar-refractivity contribution is 6.33. The lowest BCUT2D eigenvalue weighted by Crippen LogP contribution is -2.13. The van der Waals surface area contributed by atoms with Crippen LogP contribution in [0.3, 0.4) is 0 Å². The number of aromatic nitrogens is 1. The van der Waals surface area contributed by atoms with Crippen LogP contribution in [0.4, 0.5) is 11.5 Å². The van der Waals surface area contributed by atoms with Gasteiger partial charge in [0.05, 0.1) is 10.6 Å². The van der Waals surface area contributed by atoms with Crippen LogP contribution in [0.1, 0.15) is 21.5 Å². The first-order valence-electron chi connectivity index (χ1n) is 6.23. The van der Waals surface area contributed by atoms with Crippen molar-refractivity contribution in [2.75, 3.05) is 17.7 Å². The van der Waals surface area contributed by atoms with Crippen molar-refractivity contribution in [3.8, 4) is 0 Å². The van der Waals surface area contributed by atoms with Crippen molar-refractivity contribution in [2.24, 2.45) is 0 Å². The van der Waals surface area contributed by atoms with Gasteiger partial charge in [-0.15, -0.1) is 0 Å². The second-order valence-electron chi connectivity index (χ2n) is 4.58. The predicted molar refractivity (Wildman–Crippen MR) is 82.7 cm³/mol. The summed E-state index contributed by atoms with van der Waals surface area (Å²) in [6, 6.07) is 7.51. The van der Waals surface area contributed by atoms with E-state index in [0.29, 0.717) is 16.4 Å². The number of benzene rings is 1. The highest BCUT2D eigenvalue weighted by atomic mass is 35.5. The Kier molecular flexibility index (Phi) is 4.25. The van der Waals surface area contributed by atoms with E-state index in [9.17, 15) is 4.79 Å². The molecule has 0 atom stereocenters.